The molecule has 2 N–H and O–H groups in total. The average Bonchev–Trinajstić information content (AvgIpc) is 3.73. The molecule has 4 aromatic rings. The lowest BCUT2D eigenvalue weighted by atomic mass is 10.1. The van der Waals surface area contributed by atoms with Crippen molar-refractivity contribution in [2.45, 2.75) is 51.6 Å². The Morgan fingerprint density at radius 1 is 0.690 bits per heavy atom. The monoisotopic (exact) mass is 605 g/mol. The summed E-state index contributed by atoms with van der Waals surface area (Å²) in [5, 5.41) is 9.53. The number of carbonyl (C=O) groups excluding carboxylic acids is 3. The van der Waals surface area contributed by atoms with E-state index in [4.69, 9.17) is 9.47 Å². The van der Waals surface area contributed by atoms with E-state index in [2.05, 4.69) is 10.6 Å². The van der Waals surface area contributed by atoms with E-state index >= 15 is 0 Å². The molecule has 0 aliphatic carbocycles. The number of thiophene rings is 2. The molecule has 220 valence electrons. The minimum Gasteiger partial charge on any atom is -0.445 e. The van der Waals surface area contributed by atoms with Crippen LogP contribution in [0, 0.1) is 0 Å². The molecule has 2 aromatic heterocycles. The number of nitrogens with zero attached hydrogens (tertiary/aromatic N) is 1. The molecule has 8 nitrogen and oxygen atoms in total. The Hall–Kier alpha value is -4.15. The fraction of sp³-hybridized carbons (Fsp3) is 0.281. The molecule has 0 saturated heterocycles. The Morgan fingerprint density at radius 3 is 1.76 bits per heavy atom. The molecule has 0 aliphatic rings. The zero-order valence-electron chi connectivity index (χ0n) is 23.3. The zero-order valence-corrected chi connectivity index (χ0v) is 24.9. The van der Waals surface area contributed by atoms with Gasteiger partial charge in [-0.1, -0.05) is 72.8 Å². The zero-order chi connectivity index (χ0) is 29.4. The summed E-state index contributed by atoms with van der Waals surface area (Å²) in [6.45, 7) is 1.58. The van der Waals surface area contributed by atoms with E-state index in [1.165, 1.54) is 0 Å². The SMILES string of the molecule is O=C(NCCCC[C@H](NC(=O)OCc1ccccc1)C(=O)N(Cc1cccs1)Cc1cccs1)OCc1ccccc1. The summed E-state index contributed by atoms with van der Waals surface area (Å²) in [6.07, 6.45) is 0.464. The highest BCUT2D eigenvalue weighted by Gasteiger charge is 2.27. The third kappa shape index (κ3) is 10.7. The fourth-order valence-corrected chi connectivity index (χ4v) is 5.65. The van der Waals surface area contributed by atoms with Crippen molar-refractivity contribution in [3.05, 3.63) is 117 Å². The largest absolute Gasteiger partial charge is 0.445 e. The minimum absolute atomic E-state index is 0.108. The lowest BCUT2D eigenvalue weighted by Crippen LogP contribution is -2.48. The van der Waals surface area contributed by atoms with Gasteiger partial charge in [0.1, 0.15) is 19.3 Å². The molecule has 0 saturated carbocycles. The molecule has 2 aromatic carbocycles. The molecule has 0 aliphatic heterocycles. The number of ether oxygens (including phenoxy) is 2. The van der Waals surface area contributed by atoms with Gasteiger partial charge in [-0.25, -0.2) is 9.59 Å². The van der Waals surface area contributed by atoms with Crippen molar-refractivity contribution in [3.8, 4) is 0 Å². The maximum Gasteiger partial charge on any atom is 0.408 e. The molecular formula is C32H35N3O5S2. The third-order valence-electron chi connectivity index (χ3n) is 6.37. The Labute approximate surface area is 254 Å². The van der Waals surface area contributed by atoms with Gasteiger partial charge in [-0.2, -0.15) is 0 Å². The van der Waals surface area contributed by atoms with Crippen LogP contribution in [0.3, 0.4) is 0 Å². The van der Waals surface area contributed by atoms with Gasteiger partial charge in [0, 0.05) is 16.3 Å². The van der Waals surface area contributed by atoms with E-state index in [0.29, 0.717) is 38.9 Å². The Kier molecular flexibility index (Phi) is 12.4. The van der Waals surface area contributed by atoms with Crippen LogP contribution in [-0.2, 0) is 40.6 Å². The summed E-state index contributed by atoms with van der Waals surface area (Å²) in [4.78, 5) is 42.6. The standard InChI is InChI=1S/C32H35N3O5S2/c36-30(35(21-27-15-9-19-41-27)22-28-16-10-20-42-28)29(34-32(38)40-24-26-13-5-2-6-14-26)17-7-8-18-33-31(37)39-23-25-11-3-1-4-12-25/h1-6,9-16,19-20,29H,7-8,17-18,21-24H2,(H,33,37)(H,34,38)/t29-/m0/s1. The van der Waals surface area contributed by atoms with E-state index < -0.39 is 18.2 Å². The summed E-state index contributed by atoms with van der Waals surface area (Å²) < 4.78 is 10.7. The van der Waals surface area contributed by atoms with Crippen LogP contribution in [0.15, 0.2) is 95.7 Å². The van der Waals surface area contributed by atoms with Crippen molar-refractivity contribution < 1.29 is 23.9 Å². The van der Waals surface area contributed by atoms with Gasteiger partial charge in [0.2, 0.25) is 5.91 Å². The highest BCUT2D eigenvalue weighted by atomic mass is 32.1. The quantitative estimate of drug-likeness (QED) is 0.147. The van der Waals surface area contributed by atoms with Crippen LogP contribution in [0.2, 0.25) is 0 Å². The molecular weight excluding hydrogens is 571 g/mol. The number of rotatable bonds is 15. The first kappa shape index (κ1) is 30.8. The van der Waals surface area contributed by atoms with Gasteiger partial charge in [-0.15, -0.1) is 22.7 Å². The first-order valence-corrected chi connectivity index (χ1v) is 15.6. The van der Waals surface area contributed by atoms with Crippen LogP contribution in [0.1, 0.15) is 40.1 Å². The average molecular weight is 606 g/mol. The van der Waals surface area contributed by atoms with Gasteiger partial charge in [-0.05, 0) is 53.3 Å². The van der Waals surface area contributed by atoms with Gasteiger partial charge < -0.3 is 25.0 Å². The van der Waals surface area contributed by atoms with Gasteiger partial charge in [0.25, 0.3) is 0 Å². The molecule has 0 unspecified atom stereocenters. The number of amides is 3. The van der Waals surface area contributed by atoms with E-state index in [1.54, 1.807) is 27.6 Å². The van der Waals surface area contributed by atoms with Crippen molar-refractivity contribution in [3.63, 3.8) is 0 Å². The molecule has 2 heterocycles. The molecule has 1 atom stereocenters. The second-order valence-electron chi connectivity index (χ2n) is 9.60. The Balaban J connectivity index is 1.33. The fourth-order valence-electron chi connectivity index (χ4n) is 4.22. The van der Waals surface area contributed by atoms with Crippen LogP contribution in [-0.4, -0.2) is 35.6 Å². The maximum atomic E-state index is 13.9. The molecule has 42 heavy (non-hydrogen) atoms. The molecule has 10 heteroatoms. The van der Waals surface area contributed by atoms with Crippen molar-refractivity contribution in [2.75, 3.05) is 6.54 Å². The molecule has 0 spiro atoms. The van der Waals surface area contributed by atoms with Crippen molar-refractivity contribution in [1.82, 2.24) is 15.5 Å². The Morgan fingerprint density at radius 2 is 1.24 bits per heavy atom. The first-order valence-electron chi connectivity index (χ1n) is 13.8. The summed E-state index contributed by atoms with van der Waals surface area (Å²) in [5.41, 5.74) is 1.77. The van der Waals surface area contributed by atoms with E-state index in [0.717, 1.165) is 20.9 Å². The number of nitrogens with one attached hydrogen (secondary N) is 2. The van der Waals surface area contributed by atoms with Crippen molar-refractivity contribution in [1.29, 1.82) is 0 Å². The smallest absolute Gasteiger partial charge is 0.408 e. The second-order valence-corrected chi connectivity index (χ2v) is 11.7. The summed E-state index contributed by atoms with van der Waals surface area (Å²) >= 11 is 3.18. The minimum atomic E-state index is -0.779. The van der Waals surface area contributed by atoms with Crippen LogP contribution >= 0.6 is 22.7 Å². The molecule has 0 fully saturated rings. The van der Waals surface area contributed by atoms with Crippen LogP contribution in [0.4, 0.5) is 9.59 Å². The number of carbonyl (C=O) groups is 3. The summed E-state index contributed by atoms with van der Waals surface area (Å²) in [6, 6.07) is 26.0. The van der Waals surface area contributed by atoms with Crippen LogP contribution in [0.5, 0.6) is 0 Å². The third-order valence-corrected chi connectivity index (χ3v) is 8.09. The molecule has 3 amide bonds. The van der Waals surface area contributed by atoms with Gasteiger partial charge >= 0.3 is 12.2 Å². The summed E-state index contributed by atoms with van der Waals surface area (Å²) in [7, 11) is 0. The molecule has 0 bridgehead atoms. The van der Waals surface area contributed by atoms with Gasteiger partial charge in [0.05, 0.1) is 13.1 Å². The predicted molar refractivity (Wildman–Crippen MR) is 165 cm³/mol. The van der Waals surface area contributed by atoms with E-state index in [-0.39, 0.29) is 19.1 Å². The van der Waals surface area contributed by atoms with E-state index in [9.17, 15) is 14.4 Å². The molecule has 0 radical (unpaired) electrons. The van der Waals surface area contributed by atoms with Gasteiger partial charge in [0.15, 0.2) is 0 Å². The number of hydrogen-bond acceptors (Lipinski definition) is 7. The highest BCUT2D eigenvalue weighted by molar-refractivity contribution is 7.10. The van der Waals surface area contributed by atoms with E-state index in [1.807, 2.05) is 95.7 Å². The van der Waals surface area contributed by atoms with Crippen LogP contribution in [0.25, 0.3) is 0 Å². The number of unbranched alkanes of at least 4 members (excludes halogenated alkanes) is 1. The normalized spacial score (nSPS) is 11.3. The summed E-state index contributed by atoms with van der Waals surface area (Å²) in [5.74, 6) is -0.177. The Bertz CT molecular complexity index is 1310. The second kappa shape index (κ2) is 17.0. The maximum absolute atomic E-state index is 13.9. The van der Waals surface area contributed by atoms with Gasteiger partial charge in [-0.3, -0.25) is 4.79 Å². The number of hydrogen-bond donors (Lipinski definition) is 2. The molecule has 4 rings (SSSR count). The predicted octanol–water partition coefficient (Wildman–Crippen LogP) is 6.73. The first-order chi connectivity index (χ1) is 20.6. The lowest BCUT2D eigenvalue weighted by Gasteiger charge is -2.27. The topological polar surface area (TPSA) is 97.0 Å². The van der Waals surface area contributed by atoms with Crippen molar-refractivity contribution in [2.24, 2.45) is 0 Å². The highest BCUT2D eigenvalue weighted by Crippen LogP contribution is 2.19. The lowest BCUT2D eigenvalue weighted by molar-refractivity contribution is -0.134. The number of benzene rings is 2. The van der Waals surface area contributed by atoms with Crippen LogP contribution < -0.4 is 10.6 Å². The number of alkyl carbamates (subject to hydrolysis) is 2. The van der Waals surface area contributed by atoms with Crippen molar-refractivity contribution >= 4 is 40.8 Å².